The van der Waals surface area contributed by atoms with Crippen molar-refractivity contribution in [2.75, 3.05) is 69.0 Å². The Kier molecular flexibility index (Phi) is 8.61. The number of aromatic nitrogens is 1. The van der Waals surface area contributed by atoms with Crippen molar-refractivity contribution in [3.05, 3.63) is 18.3 Å². The van der Waals surface area contributed by atoms with Gasteiger partial charge in [-0.1, -0.05) is 0 Å². The van der Waals surface area contributed by atoms with E-state index in [1.54, 1.807) is 6.20 Å². The Hall–Kier alpha value is -1.41. The summed E-state index contributed by atoms with van der Waals surface area (Å²) in [5.41, 5.74) is 0.805. The molecule has 1 aromatic rings. The Balaban J connectivity index is 0.00000272. The second-order valence-electron chi connectivity index (χ2n) is 8.23. The van der Waals surface area contributed by atoms with Gasteiger partial charge in [-0.2, -0.15) is 0 Å². The molecule has 3 saturated heterocycles. The molecule has 7 nitrogen and oxygen atoms in total. The normalized spacial score (nSPS) is 22.7. The van der Waals surface area contributed by atoms with Crippen LogP contribution in [0.2, 0.25) is 0 Å². The number of piperidine rings is 1. The average Bonchev–Trinajstić information content (AvgIpc) is 2.83. The van der Waals surface area contributed by atoms with Crippen LogP contribution in [0.5, 0.6) is 0 Å². The second kappa shape index (κ2) is 11.8. The topological polar surface area (TPSA) is 66.9 Å². The Morgan fingerprint density at radius 2 is 1.80 bits per heavy atom. The van der Waals surface area contributed by atoms with Gasteiger partial charge in [0.25, 0.3) is 0 Å². The fourth-order valence-corrected chi connectivity index (χ4v) is 4.34. The minimum Gasteiger partial charge on any atom is -0.381 e. The lowest BCUT2D eigenvalue weighted by Crippen LogP contribution is -2.40. The summed E-state index contributed by atoms with van der Waals surface area (Å²) in [6.07, 6.45) is 4.76. The Morgan fingerprint density at radius 3 is 2.47 bits per heavy atom. The molecule has 30 heavy (non-hydrogen) atoms. The van der Waals surface area contributed by atoms with E-state index in [0.29, 0.717) is 25.7 Å². The molecule has 0 bridgehead atoms. The lowest BCUT2D eigenvalue weighted by atomic mass is 9.94. The van der Waals surface area contributed by atoms with Gasteiger partial charge in [0.1, 0.15) is 5.82 Å². The molecule has 0 aliphatic carbocycles. The number of amides is 1. The molecule has 3 aliphatic heterocycles. The molecule has 0 saturated carbocycles. The van der Waals surface area contributed by atoms with Crippen LogP contribution in [-0.4, -0.2) is 70.0 Å². The number of nitrogens with one attached hydrogen (secondary N) is 1. The minimum absolute atomic E-state index is 0. The van der Waals surface area contributed by atoms with Crippen molar-refractivity contribution in [1.29, 1.82) is 0 Å². The van der Waals surface area contributed by atoms with Crippen molar-refractivity contribution in [3.63, 3.8) is 0 Å². The second-order valence-corrected chi connectivity index (χ2v) is 8.23. The van der Waals surface area contributed by atoms with Crippen LogP contribution in [0.3, 0.4) is 0 Å². The van der Waals surface area contributed by atoms with Gasteiger partial charge in [0, 0.05) is 40.6 Å². The highest BCUT2D eigenvalue weighted by Gasteiger charge is 2.26. The molecule has 4 heterocycles. The van der Waals surface area contributed by atoms with Gasteiger partial charge in [0.2, 0.25) is 5.91 Å². The number of carbonyl (C=O) groups excluding carboxylic acids is 1. The molecule has 0 radical (unpaired) electrons. The van der Waals surface area contributed by atoms with Gasteiger partial charge in [0.05, 0.1) is 25.1 Å². The van der Waals surface area contributed by atoms with Gasteiger partial charge in [-0.3, -0.25) is 4.79 Å². The highest BCUT2D eigenvalue weighted by Crippen LogP contribution is 2.26. The number of carbonyl (C=O) groups is 1. The van der Waals surface area contributed by atoms with Gasteiger partial charge >= 0.3 is 0 Å². The van der Waals surface area contributed by atoms with Crippen LogP contribution in [0.1, 0.15) is 33.5 Å². The molecule has 0 spiro atoms. The lowest BCUT2D eigenvalue weighted by molar-refractivity contribution is -0.120. The highest BCUT2D eigenvalue weighted by atomic mass is 35.5. The maximum absolute atomic E-state index is 13.4. The predicted molar refractivity (Wildman–Crippen MR) is 121 cm³/mol. The third-order valence-corrected chi connectivity index (χ3v) is 6.19. The molecule has 3 aliphatic rings. The molecule has 1 amide bonds. The number of anilines is 2. The zero-order chi connectivity index (χ0) is 20.8. The van der Waals surface area contributed by atoms with Gasteiger partial charge in [-0.25, -0.2) is 4.98 Å². The van der Waals surface area contributed by atoms with E-state index >= 15 is 0 Å². The Bertz CT molecular complexity index is 678. The zero-order valence-electron chi connectivity index (χ0n) is 18.6. The van der Waals surface area contributed by atoms with Gasteiger partial charge in [-0.05, 0) is 62.7 Å². The van der Waals surface area contributed by atoms with Crippen molar-refractivity contribution in [2.45, 2.75) is 32.1 Å². The monoisotopic (exact) mass is 439 g/mol. The molecule has 4 rings (SSSR count). The van der Waals surface area contributed by atoms with Gasteiger partial charge in [-0.15, -0.1) is 12.4 Å². The highest BCUT2D eigenvalue weighted by molar-refractivity contribution is 5.93. The Morgan fingerprint density at radius 1 is 1.10 bits per heavy atom. The Labute approximate surface area is 187 Å². The first kappa shape index (κ1) is 21.8. The molecule has 1 N–H and O–H groups in total. The summed E-state index contributed by atoms with van der Waals surface area (Å²) in [6.45, 7) is 7.05. The fourth-order valence-electron chi connectivity index (χ4n) is 4.34. The van der Waals surface area contributed by atoms with Crippen LogP contribution >= 0.6 is 12.4 Å². The first-order chi connectivity index (χ1) is 14.7. The summed E-state index contributed by atoms with van der Waals surface area (Å²) in [5, 5.41) is 3.39. The molecule has 3 fully saturated rings. The smallest absolute Gasteiger partial charge is 0.227 e. The maximum Gasteiger partial charge on any atom is 0.227 e. The van der Waals surface area contributed by atoms with Crippen molar-refractivity contribution in [3.8, 4) is 0 Å². The summed E-state index contributed by atoms with van der Waals surface area (Å²) in [4.78, 5) is 22.1. The van der Waals surface area contributed by atoms with E-state index in [1.807, 2.05) is 17.0 Å². The zero-order valence-corrected chi connectivity index (χ0v) is 18.4. The molecular weight excluding hydrogens is 404 g/mol. The van der Waals surface area contributed by atoms with Crippen molar-refractivity contribution >= 4 is 29.8 Å². The number of hydrogen-bond acceptors (Lipinski definition) is 6. The molecular formula is C22H35ClN4O3. The molecule has 168 valence electrons. The van der Waals surface area contributed by atoms with Crippen molar-refractivity contribution < 1.29 is 15.6 Å². The summed E-state index contributed by atoms with van der Waals surface area (Å²) in [6, 6.07) is 3.99. The molecule has 8 heteroatoms. The van der Waals surface area contributed by atoms with Crippen molar-refractivity contribution in [2.24, 2.45) is 11.8 Å². The SMILES string of the molecule is Cl.[2H]C(C(=O)N(CC1CCNCC1)c1ccc(N2CCOCC2)nc1)C1CCOCC1. The number of nitrogens with zero attached hydrogens (tertiary/aromatic N) is 3. The van der Waals surface area contributed by atoms with Crippen LogP contribution in [-0.2, 0) is 14.3 Å². The van der Waals surface area contributed by atoms with E-state index in [2.05, 4.69) is 15.2 Å². The largest absolute Gasteiger partial charge is 0.381 e. The minimum atomic E-state index is -0.741. The number of pyridine rings is 1. The van der Waals surface area contributed by atoms with Crippen molar-refractivity contribution in [1.82, 2.24) is 10.3 Å². The van der Waals surface area contributed by atoms with Crippen LogP contribution in [0, 0.1) is 11.8 Å². The van der Waals surface area contributed by atoms with Gasteiger partial charge in [0.15, 0.2) is 0 Å². The number of halogens is 1. The third kappa shape index (κ3) is 6.30. The van der Waals surface area contributed by atoms with E-state index in [1.165, 1.54) is 0 Å². The summed E-state index contributed by atoms with van der Waals surface area (Å²) in [5.74, 6) is 1.35. The maximum atomic E-state index is 13.4. The fraction of sp³-hybridized carbons (Fsp3) is 0.727. The first-order valence-electron chi connectivity index (χ1n) is 11.6. The quantitative estimate of drug-likeness (QED) is 0.734. The molecule has 0 aromatic carbocycles. The van der Waals surface area contributed by atoms with Crippen LogP contribution < -0.4 is 15.1 Å². The lowest BCUT2D eigenvalue weighted by Gasteiger charge is -2.32. The summed E-state index contributed by atoms with van der Waals surface area (Å²) < 4.78 is 19.5. The predicted octanol–water partition coefficient (Wildman–Crippen LogP) is 2.49. The molecule has 1 aromatic heterocycles. The number of hydrogen-bond donors (Lipinski definition) is 1. The third-order valence-electron chi connectivity index (χ3n) is 6.19. The number of ether oxygens (including phenoxy) is 2. The summed E-state index contributed by atoms with van der Waals surface area (Å²) in [7, 11) is 0. The van der Waals surface area contributed by atoms with E-state index < -0.39 is 6.40 Å². The molecule has 1 atom stereocenters. The average molecular weight is 440 g/mol. The first-order valence-corrected chi connectivity index (χ1v) is 11.0. The number of morpholine rings is 1. The van der Waals surface area contributed by atoms with E-state index in [4.69, 9.17) is 10.8 Å². The van der Waals surface area contributed by atoms with E-state index in [0.717, 1.165) is 76.6 Å². The van der Waals surface area contributed by atoms with E-state index in [-0.39, 0.29) is 24.2 Å². The summed E-state index contributed by atoms with van der Waals surface area (Å²) >= 11 is 0. The number of rotatable bonds is 6. The van der Waals surface area contributed by atoms with E-state index in [9.17, 15) is 4.79 Å². The van der Waals surface area contributed by atoms with Crippen LogP contribution in [0.4, 0.5) is 11.5 Å². The molecule has 1 unspecified atom stereocenters. The standard InChI is InChI=1S/C22H34N4O3.ClH/c27-22(15-18-5-11-28-12-6-18)26(17-19-3-7-23-8-4-19)20-1-2-21(24-16-20)25-9-13-29-14-10-25;/h1-2,16,18-19,23H,3-15,17H2;1H/i15D;. The van der Waals surface area contributed by atoms with Crippen LogP contribution in [0.25, 0.3) is 0 Å². The van der Waals surface area contributed by atoms with Gasteiger partial charge < -0.3 is 24.6 Å². The van der Waals surface area contributed by atoms with Crippen LogP contribution in [0.15, 0.2) is 18.3 Å².